The number of ether oxygens (including phenoxy) is 1. The highest BCUT2D eigenvalue weighted by Crippen LogP contribution is 2.46. The number of methoxy groups -OCH3 is 1. The van der Waals surface area contributed by atoms with Crippen LogP contribution in [0.15, 0.2) is 79.1 Å². The minimum atomic E-state index is -0.210. The number of H-pyrrole nitrogens is 1. The fourth-order valence-corrected chi connectivity index (χ4v) is 4.96. The van der Waals surface area contributed by atoms with E-state index in [2.05, 4.69) is 34.3 Å². The maximum Gasteiger partial charge on any atom is 0.254 e. The molecule has 4 aromatic rings. The minimum absolute atomic E-state index is 0.00228. The largest absolute Gasteiger partial charge is 0.497 e. The van der Waals surface area contributed by atoms with Gasteiger partial charge in [-0.05, 0) is 70.5 Å². The molecule has 2 aromatic carbocycles. The lowest BCUT2D eigenvalue weighted by Crippen LogP contribution is -2.27. The number of nitrogens with zero attached hydrogens (tertiary/aromatic N) is 1. The standard InChI is InChI=1S/C29H27N3O3/c1-18-23(20-6-4-3-5-7-20)16-24(33)28-25(18)26(29(34)31-17-19-12-14-30-15-13-19)27(32-28)21-8-10-22(35-2)11-9-21/h3-15,18,23,32H,16-17H2,1-2H3,(H,31,34)/t18-,23+/m0/s1. The van der Waals surface area contributed by atoms with Crippen LogP contribution >= 0.6 is 0 Å². The number of nitrogens with one attached hydrogen (secondary N) is 2. The summed E-state index contributed by atoms with van der Waals surface area (Å²) in [5.41, 5.74) is 5.38. The molecule has 0 aliphatic heterocycles. The summed E-state index contributed by atoms with van der Waals surface area (Å²) in [5.74, 6) is 0.522. The van der Waals surface area contributed by atoms with Crippen LogP contribution in [0, 0.1) is 0 Å². The molecule has 5 rings (SSSR count). The smallest absolute Gasteiger partial charge is 0.254 e. The number of Topliss-reactive ketones (excluding diaryl/α,β-unsaturated/α-hetero) is 1. The lowest BCUT2D eigenvalue weighted by molar-refractivity contribution is 0.0948. The number of carbonyl (C=O) groups is 2. The highest BCUT2D eigenvalue weighted by Gasteiger charge is 2.38. The Hall–Kier alpha value is -4.19. The number of rotatable bonds is 6. The van der Waals surface area contributed by atoms with E-state index < -0.39 is 0 Å². The molecule has 0 fully saturated rings. The normalized spacial score (nSPS) is 17.0. The lowest BCUT2D eigenvalue weighted by Gasteiger charge is -2.29. The molecule has 2 atom stereocenters. The van der Waals surface area contributed by atoms with Crippen molar-refractivity contribution < 1.29 is 14.3 Å². The number of amides is 1. The molecule has 35 heavy (non-hydrogen) atoms. The third-order valence-electron chi connectivity index (χ3n) is 6.82. The maximum absolute atomic E-state index is 13.7. The number of hydrogen-bond acceptors (Lipinski definition) is 4. The number of pyridine rings is 1. The van der Waals surface area contributed by atoms with Gasteiger partial charge in [0.1, 0.15) is 5.75 Å². The summed E-state index contributed by atoms with van der Waals surface area (Å²) < 4.78 is 5.30. The Kier molecular flexibility index (Phi) is 6.19. The van der Waals surface area contributed by atoms with Gasteiger partial charge in [-0.15, -0.1) is 0 Å². The fourth-order valence-electron chi connectivity index (χ4n) is 4.96. The van der Waals surface area contributed by atoms with Crippen LogP contribution in [-0.4, -0.2) is 28.8 Å². The van der Waals surface area contributed by atoms with Gasteiger partial charge in [-0.25, -0.2) is 0 Å². The first kappa shape index (κ1) is 22.6. The monoisotopic (exact) mass is 465 g/mol. The number of benzene rings is 2. The molecule has 0 radical (unpaired) electrons. The van der Waals surface area contributed by atoms with Crippen molar-refractivity contribution in [1.82, 2.24) is 15.3 Å². The molecule has 2 heterocycles. The summed E-state index contributed by atoms with van der Waals surface area (Å²) in [6, 6.07) is 21.3. The van der Waals surface area contributed by atoms with Gasteiger partial charge in [0.15, 0.2) is 5.78 Å². The Bertz CT molecular complexity index is 1350. The van der Waals surface area contributed by atoms with Crippen LogP contribution in [0.4, 0.5) is 0 Å². The van der Waals surface area contributed by atoms with Gasteiger partial charge in [0, 0.05) is 25.4 Å². The Balaban J connectivity index is 1.59. The molecule has 2 aromatic heterocycles. The highest BCUT2D eigenvalue weighted by atomic mass is 16.5. The number of fused-ring (bicyclic) bond motifs is 1. The van der Waals surface area contributed by atoms with Crippen molar-refractivity contribution in [2.45, 2.75) is 31.7 Å². The third kappa shape index (κ3) is 4.35. The summed E-state index contributed by atoms with van der Waals surface area (Å²) in [6.45, 7) is 2.47. The van der Waals surface area contributed by atoms with Crippen molar-refractivity contribution in [3.63, 3.8) is 0 Å². The van der Waals surface area contributed by atoms with Gasteiger partial charge < -0.3 is 15.0 Å². The van der Waals surface area contributed by atoms with Crippen LogP contribution in [0.5, 0.6) is 5.75 Å². The molecule has 1 aliphatic rings. The zero-order chi connectivity index (χ0) is 24.4. The van der Waals surface area contributed by atoms with Crippen LogP contribution in [0.1, 0.15) is 62.7 Å². The molecule has 0 unspecified atom stereocenters. The molecule has 0 saturated carbocycles. The second-order valence-electron chi connectivity index (χ2n) is 8.86. The van der Waals surface area contributed by atoms with Gasteiger partial charge in [0.25, 0.3) is 5.91 Å². The molecule has 1 amide bonds. The van der Waals surface area contributed by atoms with Crippen LogP contribution in [-0.2, 0) is 6.54 Å². The molecular formula is C29H27N3O3. The lowest BCUT2D eigenvalue weighted by atomic mass is 9.73. The first-order valence-corrected chi connectivity index (χ1v) is 11.7. The number of hydrogen-bond donors (Lipinski definition) is 2. The van der Waals surface area contributed by atoms with Crippen molar-refractivity contribution >= 4 is 11.7 Å². The zero-order valence-corrected chi connectivity index (χ0v) is 19.7. The van der Waals surface area contributed by atoms with E-state index in [1.807, 2.05) is 54.6 Å². The molecular weight excluding hydrogens is 438 g/mol. The average Bonchev–Trinajstić information content (AvgIpc) is 3.32. The van der Waals surface area contributed by atoms with Crippen molar-refractivity contribution in [3.8, 4) is 17.0 Å². The molecule has 6 heteroatoms. The SMILES string of the molecule is COc1ccc(-c2[nH]c3c(c2C(=O)NCc2ccncc2)[C@@H](C)[C@H](c2ccccc2)CC3=O)cc1. The molecule has 1 aliphatic carbocycles. The highest BCUT2D eigenvalue weighted by molar-refractivity contribution is 6.08. The Morgan fingerprint density at radius 1 is 1.03 bits per heavy atom. The molecule has 0 bridgehead atoms. The van der Waals surface area contributed by atoms with Gasteiger partial charge in [-0.3, -0.25) is 14.6 Å². The molecule has 176 valence electrons. The molecule has 2 N–H and O–H groups in total. The van der Waals surface area contributed by atoms with Gasteiger partial charge in [-0.2, -0.15) is 0 Å². The summed E-state index contributed by atoms with van der Waals surface area (Å²) in [6.07, 6.45) is 3.81. The molecule has 6 nitrogen and oxygen atoms in total. The van der Waals surface area contributed by atoms with E-state index in [1.165, 1.54) is 0 Å². The average molecular weight is 466 g/mol. The number of carbonyl (C=O) groups excluding carboxylic acids is 2. The van der Waals surface area contributed by atoms with Crippen molar-refractivity contribution in [2.24, 2.45) is 0 Å². The topological polar surface area (TPSA) is 84.1 Å². The maximum atomic E-state index is 13.7. The Morgan fingerprint density at radius 2 is 1.74 bits per heavy atom. The van der Waals surface area contributed by atoms with Crippen molar-refractivity contribution in [1.29, 1.82) is 0 Å². The summed E-state index contributed by atoms with van der Waals surface area (Å²) in [4.78, 5) is 34.4. The minimum Gasteiger partial charge on any atom is -0.497 e. The predicted molar refractivity (Wildman–Crippen MR) is 135 cm³/mol. The van der Waals surface area contributed by atoms with Gasteiger partial charge >= 0.3 is 0 Å². The van der Waals surface area contributed by atoms with Crippen molar-refractivity contribution in [2.75, 3.05) is 7.11 Å². The van der Waals surface area contributed by atoms with Crippen LogP contribution in [0.3, 0.4) is 0 Å². The van der Waals surface area contributed by atoms with Gasteiger partial charge in [0.2, 0.25) is 0 Å². The Morgan fingerprint density at radius 3 is 2.43 bits per heavy atom. The number of aromatic nitrogens is 2. The Labute approximate surface area is 204 Å². The quantitative estimate of drug-likeness (QED) is 0.394. The van der Waals surface area contributed by atoms with Crippen LogP contribution < -0.4 is 10.1 Å². The summed E-state index contributed by atoms with van der Waals surface area (Å²) in [5, 5.41) is 3.05. The van der Waals surface area contributed by atoms with Crippen LogP contribution in [0.2, 0.25) is 0 Å². The first-order chi connectivity index (χ1) is 17.1. The van der Waals surface area contributed by atoms with E-state index >= 15 is 0 Å². The predicted octanol–water partition coefficient (Wildman–Crippen LogP) is 5.49. The zero-order valence-electron chi connectivity index (χ0n) is 19.7. The van der Waals surface area contributed by atoms with E-state index in [-0.39, 0.29) is 23.5 Å². The molecule has 0 saturated heterocycles. The summed E-state index contributed by atoms with van der Waals surface area (Å²) >= 11 is 0. The fraction of sp³-hybridized carbons (Fsp3) is 0.207. The number of ketones is 1. The summed E-state index contributed by atoms with van der Waals surface area (Å²) in [7, 11) is 1.62. The molecule has 0 spiro atoms. The first-order valence-electron chi connectivity index (χ1n) is 11.7. The second-order valence-corrected chi connectivity index (χ2v) is 8.86. The third-order valence-corrected chi connectivity index (χ3v) is 6.82. The van der Waals surface area contributed by atoms with E-state index in [0.29, 0.717) is 29.9 Å². The van der Waals surface area contributed by atoms with Gasteiger partial charge in [0.05, 0.1) is 24.1 Å². The van der Waals surface area contributed by atoms with Gasteiger partial charge in [-0.1, -0.05) is 37.3 Å². The number of aromatic amines is 1. The van der Waals surface area contributed by atoms with E-state index in [4.69, 9.17) is 4.74 Å². The second kappa shape index (κ2) is 9.58. The van der Waals surface area contributed by atoms with E-state index in [1.54, 1.807) is 19.5 Å². The van der Waals surface area contributed by atoms with Crippen LogP contribution in [0.25, 0.3) is 11.3 Å². The van der Waals surface area contributed by atoms with E-state index in [9.17, 15) is 9.59 Å². The van der Waals surface area contributed by atoms with Crippen molar-refractivity contribution in [3.05, 3.63) is 107 Å². The van der Waals surface area contributed by atoms with E-state index in [0.717, 1.165) is 28.0 Å².